The Morgan fingerprint density at radius 3 is 2.06 bits per heavy atom. The highest BCUT2D eigenvalue weighted by molar-refractivity contribution is 6.90. The minimum Gasteiger partial charge on any atom is -0.0654 e. The summed E-state index contributed by atoms with van der Waals surface area (Å²) in [6.45, 7) is 14.1. The lowest BCUT2D eigenvalue weighted by molar-refractivity contribution is 0.118. The van der Waals surface area contributed by atoms with Crippen molar-refractivity contribution in [3.05, 3.63) is 121 Å². The van der Waals surface area contributed by atoms with Crippen molar-refractivity contribution in [2.24, 2.45) is 29.1 Å². The summed E-state index contributed by atoms with van der Waals surface area (Å²) in [6.07, 6.45) is 5.78. The van der Waals surface area contributed by atoms with E-state index in [2.05, 4.69) is 99.3 Å². The largest absolute Gasteiger partial charge is 0.0815 e. The van der Waals surface area contributed by atoms with Crippen LogP contribution in [0.25, 0.3) is 38.3 Å². The van der Waals surface area contributed by atoms with Crippen molar-refractivity contribution in [3.8, 4) is 0 Å². The van der Waals surface area contributed by atoms with E-state index >= 15 is 0 Å². The third-order valence-corrected chi connectivity index (χ3v) is 27.2. The van der Waals surface area contributed by atoms with E-state index in [1.165, 1.54) is 37.8 Å². The third kappa shape index (κ3) is 2.25. The van der Waals surface area contributed by atoms with Gasteiger partial charge < -0.3 is 0 Å². The highest BCUT2D eigenvalue weighted by atomic mass is 28.3. The van der Waals surface area contributed by atoms with Gasteiger partial charge in [0.1, 0.15) is 0 Å². The van der Waals surface area contributed by atoms with E-state index < -0.39 is 16.1 Å². The number of allylic oxidation sites excluding steroid dienone is 1. The topological polar surface area (TPSA) is 0 Å². The van der Waals surface area contributed by atoms with Gasteiger partial charge in [-0.3, -0.25) is 0 Å². The van der Waals surface area contributed by atoms with Crippen LogP contribution in [0, 0.1) is 29.1 Å². The summed E-state index contributed by atoms with van der Waals surface area (Å²) >= 11 is 0. The van der Waals surface area contributed by atoms with Crippen molar-refractivity contribution < 1.29 is 0 Å². The van der Waals surface area contributed by atoms with E-state index in [1.807, 2.05) is 93.2 Å². The van der Waals surface area contributed by atoms with Crippen LogP contribution in [0.15, 0.2) is 66.2 Å². The first-order chi connectivity index (χ1) is 26.2. The van der Waals surface area contributed by atoms with E-state index in [1.54, 1.807) is 10.4 Å². The minimum absolute atomic E-state index is 0.191. The van der Waals surface area contributed by atoms with E-state index in [9.17, 15) is 0 Å². The van der Waals surface area contributed by atoms with Crippen LogP contribution in [-0.2, 0) is 5.41 Å². The summed E-state index contributed by atoms with van der Waals surface area (Å²) in [6, 6.07) is 26.9. The molecule has 5 aromatic rings. The smallest absolute Gasteiger partial charge is 0.0654 e. The van der Waals surface area contributed by atoms with Crippen LogP contribution in [0.4, 0.5) is 0 Å². The Morgan fingerprint density at radius 2 is 1.30 bits per heavy atom. The van der Waals surface area contributed by atoms with Crippen LogP contribution in [0.3, 0.4) is 0 Å². The van der Waals surface area contributed by atoms with Gasteiger partial charge in [-0.1, -0.05) is 110 Å². The van der Waals surface area contributed by atoms with E-state index in [0.717, 1.165) is 47.3 Å². The Bertz CT molecular complexity index is 3070. The van der Waals surface area contributed by atoms with Gasteiger partial charge in [-0.15, -0.1) is 0 Å². The minimum atomic E-state index is -1.90. The maximum atomic E-state index is 2.89. The normalized spacial score (nSPS) is 38.9. The zero-order valence-electron chi connectivity index (χ0n) is 32.2. The van der Waals surface area contributed by atoms with Crippen LogP contribution in [0.2, 0.25) is 38.3 Å². The molecule has 2 saturated carbocycles. The molecule has 12 aliphatic carbocycles. The summed E-state index contributed by atoms with van der Waals surface area (Å²) in [5, 5.41) is 14.4. The van der Waals surface area contributed by atoms with Gasteiger partial charge in [-0.25, -0.2) is 0 Å². The highest BCUT2D eigenvalue weighted by Crippen LogP contribution is 2.87. The van der Waals surface area contributed by atoms with Gasteiger partial charge in [0.05, 0.1) is 16.1 Å². The van der Waals surface area contributed by atoms with Crippen molar-refractivity contribution in [1.82, 2.24) is 0 Å². The number of fused-ring (bicyclic) bond motifs is 5. The van der Waals surface area contributed by atoms with E-state index in [-0.39, 0.29) is 10.8 Å². The molecule has 0 amide bonds. The fourth-order valence-corrected chi connectivity index (χ4v) is 26.6. The zero-order chi connectivity index (χ0) is 35.1. The highest BCUT2D eigenvalue weighted by Gasteiger charge is 2.78. The molecule has 2 heteroatoms. The molecule has 12 aliphatic rings. The lowest BCUT2D eigenvalue weighted by Gasteiger charge is -2.60. The molecule has 11 unspecified atom stereocenters. The zero-order valence-corrected chi connectivity index (χ0v) is 34.2. The number of hydrogen-bond donors (Lipinski definition) is 0. The maximum absolute atomic E-state index is 2.89. The molecule has 0 bridgehead atoms. The standard InChI is InChI=1S/C52H46Si2/c1-22-25-16-26-27-17-28-29-18-30-32-31-19-51(20-53(2,3)23-12-8-6-9-13-23)49-39(31)40(32)43-37(30)35(29)41-33(28)34(27)42-36(26)38(25)50(48-45(42)44(41)46(43)47(48)49)52(22,51)21-54(4,5)24-14-10-7-11-15-24/h6-15,22,25-30,36,38H,16-21H2,1-5H3. The second kappa shape index (κ2) is 7.65. The Labute approximate surface area is 319 Å². The molecule has 0 heterocycles. The molecule has 0 saturated heterocycles. The Morgan fingerprint density at radius 1 is 0.611 bits per heavy atom. The SMILES string of the molecule is CC1C2CC3C4CC5c6c4c4c7c8c6c6c9c%10c%11c%12c%13c(c%108)C7=C(C2C43)C1(C[Si](C)(C)c1ccccc1)C%13(C[Si](C)(C)c1ccccc1)CC=%12C=%11C9CC65. The van der Waals surface area contributed by atoms with Crippen molar-refractivity contribution in [3.63, 3.8) is 0 Å². The molecule has 0 aromatic heterocycles. The molecule has 17 rings (SSSR count). The van der Waals surface area contributed by atoms with Crippen LogP contribution in [0.5, 0.6) is 0 Å². The Balaban J connectivity index is 1.10. The molecular formula is C52H46Si2. The van der Waals surface area contributed by atoms with Gasteiger partial charge in [0, 0.05) is 16.7 Å². The number of benzene rings is 5. The molecule has 0 nitrogen and oxygen atoms in total. The maximum Gasteiger partial charge on any atom is 0.0815 e. The third-order valence-electron chi connectivity index (χ3n) is 20.5. The first-order valence-corrected chi connectivity index (χ1v) is 28.4. The molecule has 54 heavy (non-hydrogen) atoms. The van der Waals surface area contributed by atoms with Gasteiger partial charge >= 0.3 is 0 Å². The van der Waals surface area contributed by atoms with Gasteiger partial charge in [-0.2, -0.15) is 0 Å². The number of rotatable bonds is 6. The fourth-order valence-electron chi connectivity index (χ4n) is 19.7. The summed E-state index contributed by atoms with van der Waals surface area (Å²) in [7, 11) is -3.81. The quantitative estimate of drug-likeness (QED) is 0.119. The first kappa shape index (κ1) is 28.0. The average Bonchev–Trinajstić information content (AvgIpc) is 4.02. The van der Waals surface area contributed by atoms with Gasteiger partial charge in [0.15, 0.2) is 0 Å². The fraction of sp³-hybridized carbons (Fsp3) is 0.423. The monoisotopic (exact) mass is 726 g/mol. The predicted octanol–water partition coefficient (Wildman–Crippen LogP) is 9.48. The van der Waals surface area contributed by atoms with E-state index in [4.69, 9.17) is 0 Å². The second-order valence-electron chi connectivity index (χ2n) is 22.5. The molecule has 5 aromatic carbocycles. The molecule has 0 radical (unpaired) electrons. The molecule has 11 atom stereocenters. The van der Waals surface area contributed by atoms with Crippen LogP contribution in [-0.4, -0.2) is 16.1 Å². The lowest BCUT2D eigenvalue weighted by Crippen LogP contribution is -2.61. The van der Waals surface area contributed by atoms with Crippen LogP contribution < -0.4 is 20.8 Å². The second-order valence-corrected chi connectivity index (χ2v) is 31.9. The lowest BCUT2D eigenvalue weighted by atomic mass is 9.49. The van der Waals surface area contributed by atoms with Crippen LogP contribution >= 0.6 is 0 Å². The summed E-state index contributed by atoms with van der Waals surface area (Å²) < 4.78 is 0. The number of hydrogen-bond acceptors (Lipinski definition) is 0. The van der Waals surface area contributed by atoms with Crippen LogP contribution in [0.1, 0.15) is 107 Å². The van der Waals surface area contributed by atoms with Crippen molar-refractivity contribution in [2.75, 3.05) is 0 Å². The van der Waals surface area contributed by atoms with E-state index in [0.29, 0.717) is 5.92 Å². The first-order valence-electron chi connectivity index (χ1n) is 22.0. The van der Waals surface area contributed by atoms with Crippen molar-refractivity contribution in [1.29, 1.82) is 0 Å². The predicted molar refractivity (Wildman–Crippen MR) is 226 cm³/mol. The average molecular weight is 727 g/mol. The molecule has 262 valence electrons. The molecular weight excluding hydrogens is 681 g/mol. The molecule has 0 N–H and O–H groups in total. The molecule has 0 spiro atoms. The van der Waals surface area contributed by atoms with Gasteiger partial charge in [-0.05, 0) is 178 Å². The van der Waals surface area contributed by atoms with Crippen molar-refractivity contribution in [2.45, 2.75) is 106 Å². The summed E-state index contributed by atoms with van der Waals surface area (Å²) in [5.74, 6) is 7.25. The molecule has 0 aliphatic heterocycles. The Kier molecular flexibility index (Phi) is 3.97. The van der Waals surface area contributed by atoms with Gasteiger partial charge in [0.2, 0.25) is 0 Å². The van der Waals surface area contributed by atoms with Gasteiger partial charge in [0.25, 0.3) is 0 Å². The summed E-state index contributed by atoms with van der Waals surface area (Å²) in [4.78, 5) is 0. The van der Waals surface area contributed by atoms with Crippen molar-refractivity contribution >= 4 is 64.8 Å². The summed E-state index contributed by atoms with van der Waals surface area (Å²) in [5.41, 5.74) is 23.6. The Hall–Kier alpha value is -3.47. The molecule has 2 fully saturated rings.